The van der Waals surface area contributed by atoms with Crippen LogP contribution in [-0.4, -0.2) is 47.8 Å². The summed E-state index contributed by atoms with van der Waals surface area (Å²) in [4.78, 5) is 34.4. The van der Waals surface area contributed by atoms with Crippen LogP contribution < -0.4 is 10.5 Å². The first-order valence-electron chi connectivity index (χ1n) is 8.57. The lowest BCUT2D eigenvalue weighted by atomic mass is 10.2. The van der Waals surface area contributed by atoms with E-state index in [0.29, 0.717) is 39.6 Å². The molecule has 3 rings (SSSR count). The highest BCUT2D eigenvalue weighted by atomic mass is 32.1. The molecule has 2 N–H and O–H groups in total. The van der Waals surface area contributed by atoms with Crippen LogP contribution in [0.5, 0.6) is 0 Å². The van der Waals surface area contributed by atoms with Crippen LogP contribution >= 0.6 is 11.3 Å². The number of esters is 1. The molecule has 1 fully saturated rings. The number of hydrogen-bond acceptors (Lipinski definition) is 6. The van der Waals surface area contributed by atoms with Crippen molar-refractivity contribution in [3.63, 3.8) is 0 Å². The molecule has 8 heteroatoms. The number of thiophene rings is 1. The van der Waals surface area contributed by atoms with Gasteiger partial charge in [-0.25, -0.2) is 9.78 Å². The van der Waals surface area contributed by atoms with Crippen molar-refractivity contribution in [2.24, 2.45) is 0 Å². The molecule has 1 saturated heterocycles. The van der Waals surface area contributed by atoms with Crippen LogP contribution in [0.25, 0.3) is 10.2 Å². The van der Waals surface area contributed by atoms with E-state index in [1.165, 1.54) is 16.2 Å². The number of ether oxygens (including phenoxy) is 2. The molecule has 0 amide bonds. The second-order valence-corrected chi connectivity index (χ2v) is 7.56. The summed E-state index contributed by atoms with van der Waals surface area (Å²) in [7, 11) is 0. The van der Waals surface area contributed by atoms with Crippen LogP contribution in [0.15, 0.2) is 4.79 Å². The number of H-pyrrole nitrogens is 1. The molecule has 1 aliphatic rings. The molecule has 0 spiro atoms. The number of rotatable bonds is 4. The molecule has 25 heavy (non-hydrogen) atoms. The Morgan fingerprint density at radius 2 is 2.08 bits per heavy atom. The van der Waals surface area contributed by atoms with E-state index in [9.17, 15) is 9.59 Å². The Morgan fingerprint density at radius 3 is 2.72 bits per heavy atom. The fourth-order valence-corrected chi connectivity index (χ4v) is 4.53. The fourth-order valence-electron chi connectivity index (χ4n) is 3.43. The second kappa shape index (κ2) is 7.23. The van der Waals surface area contributed by atoms with E-state index in [4.69, 9.17) is 9.47 Å². The average Bonchev–Trinajstić information content (AvgIpc) is 2.83. The Bertz CT molecular complexity index is 834. The first-order chi connectivity index (χ1) is 11.9. The highest BCUT2D eigenvalue weighted by molar-refractivity contribution is 7.20. The maximum atomic E-state index is 12.5. The molecule has 0 radical (unpaired) electrons. The fraction of sp³-hybridized carbons (Fsp3) is 0.588. The maximum Gasteiger partial charge on any atom is 0.348 e. The summed E-state index contributed by atoms with van der Waals surface area (Å²) >= 11 is 1.22. The summed E-state index contributed by atoms with van der Waals surface area (Å²) in [5.74, 6) is 0.246. The van der Waals surface area contributed by atoms with Crippen LogP contribution in [0.3, 0.4) is 0 Å². The Morgan fingerprint density at radius 1 is 1.40 bits per heavy atom. The summed E-state index contributed by atoms with van der Waals surface area (Å²) < 4.78 is 10.8. The number of fused-ring (bicyclic) bond motifs is 1. The second-order valence-electron chi connectivity index (χ2n) is 6.56. The van der Waals surface area contributed by atoms with Gasteiger partial charge in [0.2, 0.25) is 0 Å². The topological polar surface area (TPSA) is 85.7 Å². The van der Waals surface area contributed by atoms with E-state index < -0.39 is 5.97 Å². The number of hydrogen-bond donors (Lipinski definition) is 2. The zero-order chi connectivity index (χ0) is 18.1. The number of aryl methyl sites for hydroxylation is 1. The minimum atomic E-state index is -0.398. The van der Waals surface area contributed by atoms with Gasteiger partial charge in [0.25, 0.3) is 5.56 Å². The molecule has 0 aliphatic carbocycles. The van der Waals surface area contributed by atoms with Gasteiger partial charge in [-0.3, -0.25) is 4.79 Å². The standard InChI is InChI=1S/C17H23N3O4S/c1-5-23-17(22)14-11(4)13-15(21)18-12(19-16(13)25-14)8-20-6-9(2)24-10(3)7-20/h9-10H,5-8H2,1-4H3,(H,18,19,21)/p+1/t9-,10-/m1/s1. The van der Waals surface area contributed by atoms with Gasteiger partial charge in [0.15, 0.2) is 5.82 Å². The molecule has 0 saturated carbocycles. The van der Waals surface area contributed by atoms with E-state index in [1.54, 1.807) is 13.8 Å². The highest BCUT2D eigenvalue weighted by Crippen LogP contribution is 2.27. The zero-order valence-electron chi connectivity index (χ0n) is 15.0. The van der Waals surface area contributed by atoms with Gasteiger partial charge >= 0.3 is 5.97 Å². The number of morpholine rings is 1. The normalized spacial score (nSPS) is 23.8. The zero-order valence-corrected chi connectivity index (χ0v) is 15.8. The van der Waals surface area contributed by atoms with Crippen molar-refractivity contribution >= 4 is 27.5 Å². The molecule has 0 unspecified atom stereocenters. The van der Waals surface area contributed by atoms with Gasteiger partial charge in [-0.05, 0) is 33.3 Å². The molecule has 2 atom stereocenters. The van der Waals surface area contributed by atoms with Gasteiger partial charge in [-0.2, -0.15) is 0 Å². The van der Waals surface area contributed by atoms with Crippen LogP contribution in [0.1, 0.15) is 41.8 Å². The van der Waals surface area contributed by atoms with E-state index >= 15 is 0 Å². The van der Waals surface area contributed by atoms with Gasteiger partial charge in [0.05, 0.1) is 12.0 Å². The summed E-state index contributed by atoms with van der Waals surface area (Å²) in [5, 5.41) is 0.482. The molecule has 2 aromatic rings. The lowest BCUT2D eigenvalue weighted by molar-refractivity contribution is -0.928. The minimum absolute atomic E-state index is 0.189. The Labute approximate surface area is 150 Å². The Kier molecular flexibility index (Phi) is 5.21. The molecular weight excluding hydrogens is 342 g/mol. The van der Waals surface area contributed by atoms with E-state index in [0.717, 1.165) is 13.1 Å². The van der Waals surface area contributed by atoms with E-state index in [1.807, 2.05) is 0 Å². The first-order valence-corrected chi connectivity index (χ1v) is 9.39. The molecule has 1 aliphatic heterocycles. The van der Waals surface area contributed by atoms with Crippen LogP contribution in [0.2, 0.25) is 0 Å². The number of aromatic nitrogens is 2. The van der Waals surface area contributed by atoms with Gasteiger partial charge < -0.3 is 19.4 Å². The van der Waals surface area contributed by atoms with E-state index in [-0.39, 0.29) is 17.8 Å². The van der Waals surface area contributed by atoms with Crippen LogP contribution in [0.4, 0.5) is 0 Å². The summed E-state index contributed by atoms with van der Waals surface area (Å²) in [6.07, 6.45) is 0.377. The number of aromatic amines is 1. The average molecular weight is 366 g/mol. The van der Waals surface area contributed by atoms with Crippen molar-refractivity contribution in [2.75, 3.05) is 19.7 Å². The van der Waals surface area contributed by atoms with Crippen molar-refractivity contribution in [1.82, 2.24) is 9.97 Å². The summed E-state index contributed by atoms with van der Waals surface area (Å²) in [6, 6.07) is 0. The lowest BCUT2D eigenvalue weighted by Crippen LogP contribution is -3.14. The Balaban J connectivity index is 1.91. The molecule has 2 aromatic heterocycles. The molecule has 3 heterocycles. The van der Waals surface area contributed by atoms with Crippen molar-refractivity contribution in [1.29, 1.82) is 0 Å². The molecule has 136 valence electrons. The first kappa shape index (κ1) is 18.0. The molecular formula is C17H24N3O4S+. The third-order valence-corrected chi connectivity index (χ3v) is 5.51. The van der Waals surface area contributed by atoms with Crippen molar-refractivity contribution in [3.8, 4) is 0 Å². The summed E-state index contributed by atoms with van der Waals surface area (Å²) in [5.41, 5.74) is 0.442. The SMILES string of the molecule is CCOC(=O)c1sc2nc(C[NH+]3C[C@@H](C)O[C@H](C)C3)[nH]c(=O)c2c1C. The smallest absolute Gasteiger partial charge is 0.348 e. The van der Waals surface area contributed by atoms with Crippen molar-refractivity contribution in [3.05, 3.63) is 26.6 Å². The van der Waals surface area contributed by atoms with Gasteiger partial charge in [0.1, 0.15) is 41.5 Å². The predicted octanol–water partition coefficient (Wildman–Crippen LogP) is 0.662. The lowest BCUT2D eigenvalue weighted by Gasteiger charge is -2.32. The highest BCUT2D eigenvalue weighted by Gasteiger charge is 2.27. The predicted molar refractivity (Wildman–Crippen MR) is 95.3 cm³/mol. The third kappa shape index (κ3) is 3.75. The number of nitrogens with one attached hydrogen (secondary N) is 2. The van der Waals surface area contributed by atoms with Crippen LogP contribution in [0, 0.1) is 6.92 Å². The van der Waals surface area contributed by atoms with Crippen LogP contribution in [-0.2, 0) is 16.0 Å². The van der Waals surface area contributed by atoms with Gasteiger partial charge in [-0.15, -0.1) is 11.3 Å². The van der Waals surface area contributed by atoms with Crippen molar-refractivity contribution in [2.45, 2.75) is 46.4 Å². The Hall–Kier alpha value is -1.77. The number of carbonyl (C=O) groups excluding carboxylic acids is 1. The van der Waals surface area contributed by atoms with E-state index in [2.05, 4.69) is 23.8 Å². The maximum absolute atomic E-state index is 12.5. The third-order valence-electron chi connectivity index (χ3n) is 4.34. The number of carbonyl (C=O) groups is 1. The van der Waals surface area contributed by atoms with Gasteiger partial charge in [0, 0.05) is 0 Å². The monoisotopic (exact) mass is 366 g/mol. The number of quaternary nitrogens is 1. The van der Waals surface area contributed by atoms with Gasteiger partial charge in [-0.1, -0.05) is 0 Å². The summed E-state index contributed by atoms with van der Waals surface area (Å²) in [6.45, 7) is 10.3. The molecule has 7 nitrogen and oxygen atoms in total. The quantitative estimate of drug-likeness (QED) is 0.777. The minimum Gasteiger partial charge on any atom is -0.462 e. The number of nitrogens with zero attached hydrogens (tertiary/aromatic N) is 1. The largest absolute Gasteiger partial charge is 0.462 e. The molecule has 0 aromatic carbocycles. The molecule has 0 bridgehead atoms. The van der Waals surface area contributed by atoms with Crippen molar-refractivity contribution < 1.29 is 19.2 Å².